The summed E-state index contributed by atoms with van der Waals surface area (Å²) in [5, 5.41) is 12.0. The smallest absolute Gasteiger partial charge is 0.433 e. The van der Waals surface area contributed by atoms with Gasteiger partial charge >= 0.3 is 12.1 Å². The maximum atomic E-state index is 12.9. The van der Waals surface area contributed by atoms with Crippen molar-refractivity contribution in [1.82, 2.24) is 19.5 Å². The van der Waals surface area contributed by atoms with Gasteiger partial charge < -0.3 is 15.0 Å². The van der Waals surface area contributed by atoms with Crippen molar-refractivity contribution in [1.29, 1.82) is 0 Å². The first kappa shape index (κ1) is 21.8. The van der Waals surface area contributed by atoms with Crippen LogP contribution in [0.3, 0.4) is 0 Å². The van der Waals surface area contributed by atoms with Gasteiger partial charge in [0.2, 0.25) is 5.95 Å². The van der Waals surface area contributed by atoms with E-state index >= 15 is 0 Å². The van der Waals surface area contributed by atoms with Crippen LogP contribution in [-0.4, -0.2) is 30.6 Å². The maximum absolute atomic E-state index is 12.9. The molecular weight excluding hydrogens is 423 g/mol. The molecule has 0 radical (unpaired) electrons. The van der Waals surface area contributed by atoms with E-state index in [2.05, 4.69) is 20.3 Å². The molecule has 1 saturated carbocycles. The minimum Gasteiger partial charge on any atom is -0.481 e. The number of aryl methyl sites for hydroxylation is 1. The summed E-state index contributed by atoms with van der Waals surface area (Å²) in [5.41, 5.74) is 2.13. The predicted molar refractivity (Wildman–Crippen MR) is 111 cm³/mol. The maximum Gasteiger partial charge on any atom is 0.433 e. The summed E-state index contributed by atoms with van der Waals surface area (Å²) in [7, 11) is 0. The molecule has 32 heavy (non-hydrogen) atoms. The van der Waals surface area contributed by atoms with E-state index in [1.54, 1.807) is 18.5 Å². The van der Waals surface area contributed by atoms with Gasteiger partial charge in [-0.05, 0) is 62.4 Å². The van der Waals surface area contributed by atoms with Gasteiger partial charge in [-0.25, -0.2) is 15.0 Å². The number of nitrogens with one attached hydrogen (secondary N) is 1. The molecule has 0 aliphatic heterocycles. The van der Waals surface area contributed by atoms with Crippen molar-refractivity contribution in [2.24, 2.45) is 5.92 Å². The molecule has 4 rings (SSSR count). The van der Waals surface area contributed by atoms with E-state index in [-0.39, 0.29) is 17.8 Å². The van der Waals surface area contributed by atoms with Crippen LogP contribution in [0.4, 0.5) is 24.8 Å². The number of aliphatic carboxylic acids is 1. The van der Waals surface area contributed by atoms with Crippen LogP contribution in [0.25, 0.3) is 5.69 Å². The molecule has 2 heterocycles. The fourth-order valence-corrected chi connectivity index (χ4v) is 4.02. The first-order valence-corrected chi connectivity index (χ1v) is 10.2. The molecule has 1 aliphatic rings. The fourth-order valence-electron chi connectivity index (χ4n) is 4.02. The van der Waals surface area contributed by atoms with E-state index in [0.29, 0.717) is 18.5 Å². The third kappa shape index (κ3) is 4.90. The van der Waals surface area contributed by atoms with Crippen LogP contribution >= 0.6 is 0 Å². The Labute approximate surface area is 182 Å². The van der Waals surface area contributed by atoms with Crippen molar-refractivity contribution in [2.75, 3.05) is 5.32 Å². The Hall–Kier alpha value is -3.43. The Morgan fingerprint density at radius 1 is 1.16 bits per heavy atom. The highest BCUT2D eigenvalue weighted by atomic mass is 19.4. The molecular formula is C22H22F3N5O2. The average molecular weight is 445 g/mol. The standard InChI is InChI=1S/C22H22F3N5O2/c1-13-8-16(28-21-26-7-6-19(29-21)22(23,24)25)10-17(9-13)30-11-18(27-12-30)14-2-4-15(5-3-14)20(31)32/h6-12,14-15H,2-5H2,1H3,(H,31,32)(H,26,28,29)/t14-,15+. The summed E-state index contributed by atoms with van der Waals surface area (Å²) in [5.74, 6) is -0.944. The highest BCUT2D eigenvalue weighted by Crippen LogP contribution is 2.35. The lowest BCUT2D eigenvalue weighted by molar-refractivity contribution is -0.143. The summed E-state index contributed by atoms with van der Waals surface area (Å²) in [4.78, 5) is 23.1. The van der Waals surface area contributed by atoms with Gasteiger partial charge in [0, 0.05) is 29.7 Å². The second-order valence-corrected chi connectivity index (χ2v) is 8.04. The second-order valence-electron chi connectivity index (χ2n) is 8.04. The molecule has 0 amide bonds. The van der Waals surface area contributed by atoms with Crippen LogP contribution in [0.15, 0.2) is 43.0 Å². The quantitative estimate of drug-likeness (QED) is 0.568. The lowest BCUT2D eigenvalue weighted by atomic mass is 9.81. The number of anilines is 2. The summed E-state index contributed by atoms with van der Waals surface area (Å²) in [6.07, 6.45) is 2.97. The molecule has 0 bridgehead atoms. The number of benzene rings is 1. The van der Waals surface area contributed by atoms with Gasteiger partial charge in [-0.1, -0.05) is 0 Å². The third-order valence-corrected chi connectivity index (χ3v) is 5.66. The summed E-state index contributed by atoms with van der Waals surface area (Å²) < 4.78 is 40.6. The highest BCUT2D eigenvalue weighted by Gasteiger charge is 2.33. The van der Waals surface area contributed by atoms with Gasteiger partial charge in [0.25, 0.3) is 0 Å². The zero-order chi connectivity index (χ0) is 22.9. The molecule has 168 valence electrons. The van der Waals surface area contributed by atoms with E-state index in [4.69, 9.17) is 0 Å². The number of hydrogen-bond acceptors (Lipinski definition) is 5. The number of carboxylic acid groups (broad SMARTS) is 1. The number of carboxylic acids is 1. The van der Waals surface area contributed by atoms with E-state index in [1.807, 2.05) is 23.8 Å². The molecule has 0 unspecified atom stereocenters. The predicted octanol–water partition coefficient (Wildman–Crippen LogP) is 5.09. The van der Waals surface area contributed by atoms with Crippen molar-refractivity contribution in [3.05, 3.63) is 59.9 Å². The molecule has 1 aliphatic carbocycles. The van der Waals surface area contributed by atoms with Gasteiger partial charge in [-0.15, -0.1) is 0 Å². The number of aromatic nitrogens is 4. The molecule has 7 nitrogen and oxygen atoms in total. The Morgan fingerprint density at radius 3 is 2.59 bits per heavy atom. The molecule has 1 aromatic carbocycles. The third-order valence-electron chi connectivity index (χ3n) is 5.66. The molecule has 2 aromatic heterocycles. The van der Waals surface area contributed by atoms with Gasteiger partial charge in [-0.3, -0.25) is 4.79 Å². The van der Waals surface area contributed by atoms with E-state index in [9.17, 15) is 23.1 Å². The van der Waals surface area contributed by atoms with Crippen LogP contribution in [0.1, 0.15) is 48.6 Å². The van der Waals surface area contributed by atoms with Crippen molar-refractivity contribution in [3.63, 3.8) is 0 Å². The molecule has 0 atom stereocenters. The van der Waals surface area contributed by atoms with Crippen molar-refractivity contribution in [2.45, 2.75) is 44.7 Å². The SMILES string of the molecule is Cc1cc(Nc2nccc(C(F)(F)F)n2)cc(-n2cnc([C@H]3CC[C@@H](C(=O)O)CC3)c2)c1. The van der Waals surface area contributed by atoms with E-state index < -0.39 is 17.8 Å². The minimum absolute atomic E-state index is 0.141. The Balaban J connectivity index is 1.52. The van der Waals surface area contributed by atoms with Crippen LogP contribution in [-0.2, 0) is 11.0 Å². The molecule has 10 heteroatoms. The van der Waals surface area contributed by atoms with Crippen LogP contribution in [0.5, 0.6) is 0 Å². The Kier molecular flexibility index (Phi) is 5.86. The van der Waals surface area contributed by atoms with Gasteiger partial charge in [-0.2, -0.15) is 13.2 Å². The molecule has 0 spiro atoms. The Morgan fingerprint density at radius 2 is 1.91 bits per heavy atom. The van der Waals surface area contributed by atoms with Gasteiger partial charge in [0.15, 0.2) is 0 Å². The number of carbonyl (C=O) groups is 1. The van der Waals surface area contributed by atoms with Gasteiger partial charge in [0.05, 0.1) is 17.9 Å². The largest absolute Gasteiger partial charge is 0.481 e. The van der Waals surface area contributed by atoms with Crippen molar-refractivity contribution in [3.8, 4) is 5.69 Å². The fraction of sp³-hybridized carbons (Fsp3) is 0.364. The highest BCUT2D eigenvalue weighted by molar-refractivity contribution is 5.70. The van der Waals surface area contributed by atoms with Crippen LogP contribution in [0.2, 0.25) is 0 Å². The second kappa shape index (κ2) is 8.60. The zero-order valence-electron chi connectivity index (χ0n) is 17.3. The summed E-state index contributed by atoms with van der Waals surface area (Å²) in [6.45, 7) is 1.88. The van der Waals surface area contributed by atoms with Crippen LogP contribution in [0, 0.1) is 12.8 Å². The summed E-state index contributed by atoms with van der Waals surface area (Å²) in [6, 6.07) is 6.33. The first-order chi connectivity index (χ1) is 15.2. The number of halogens is 3. The van der Waals surface area contributed by atoms with E-state index in [0.717, 1.165) is 42.0 Å². The lowest BCUT2D eigenvalue weighted by Crippen LogP contribution is -2.20. The Bertz CT molecular complexity index is 1120. The minimum atomic E-state index is -4.55. The topological polar surface area (TPSA) is 92.9 Å². The first-order valence-electron chi connectivity index (χ1n) is 10.2. The number of nitrogens with zero attached hydrogens (tertiary/aromatic N) is 4. The number of alkyl halides is 3. The zero-order valence-corrected chi connectivity index (χ0v) is 17.3. The number of imidazole rings is 1. The van der Waals surface area contributed by atoms with Crippen molar-refractivity contribution >= 4 is 17.6 Å². The molecule has 2 N–H and O–H groups in total. The summed E-state index contributed by atoms with van der Waals surface area (Å²) >= 11 is 0. The normalized spacial score (nSPS) is 19.0. The average Bonchev–Trinajstić information content (AvgIpc) is 3.23. The van der Waals surface area contributed by atoms with Crippen molar-refractivity contribution < 1.29 is 23.1 Å². The van der Waals surface area contributed by atoms with Gasteiger partial charge in [0.1, 0.15) is 5.69 Å². The van der Waals surface area contributed by atoms with Crippen LogP contribution < -0.4 is 5.32 Å². The number of rotatable bonds is 5. The molecule has 3 aromatic rings. The monoisotopic (exact) mass is 445 g/mol. The molecule has 1 fully saturated rings. The van der Waals surface area contributed by atoms with E-state index in [1.165, 1.54) is 0 Å². The molecule has 0 saturated heterocycles. The number of hydrogen-bond donors (Lipinski definition) is 2. The lowest BCUT2D eigenvalue weighted by Gasteiger charge is -2.24.